The zero-order valence-electron chi connectivity index (χ0n) is 11.5. The Morgan fingerprint density at radius 3 is 2.56 bits per heavy atom. The predicted molar refractivity (Wildman–Crippen MR) is 74.9 cm³/mol. The van der Waals surface area contributed by atoms with E-state index in [1.165, 1.54) is 0 Å². The van der Waals surface area contributed by atoms with Crippen LogP contribution in [0.15, 0.2) is 5.16 Å². The Labute approximate surface area is 113 Å². The van der Waals surface area contributed by atoms with Gasteiger partial charge in [-0.3, -0.25) is 4.79 Å². The lowest BCUT2D eigenvalue weighted by atomic mass is 9.92. The fraction of sp³-hybridized carbons (Fsp3) is 0.833. The molecule has 1 unspecified atom stereocenters. The Kier molecular flexibility index (Phi) is 4.90. The number of nitrogens with two attached hydrogens (primary N) is 1. The molecule has 1 amide bonds. The highest BCUT2D eigenvalue weighted by Gasteiger charge is 2.35. The number of hydrogen-bond donors (Lipinski definition) is 2. The Balaban J connectivity index is 2.84. The van der Waals surface area contributed by atoms with Gasteiger partial charge >= 0.3 is 0 Å². The maximum Gasteiger partial charge on any atom is 0.233 e. The van der Waals surface area contributed by atoms with Gasteiger partial charge in [-0.15, -0.1) is 0 Å². The van der Waals surface area contributed by atoms with Crippen LogP contribution < -0.4 is 5.73 Å². The van der Waals surface area contributed by atoms with Gasteiger partial charge in [0.1, 0.15) is 5.92 Å². The number of amides is 1. The number of hydrogen-bond acceptors (Lipinski definition) is 4. The van der Waals surface area contributed by atoms with Crippen molar-refractivity contribution in [3.05, 3.63) is 0 Å². The van der Waals surface area contributed by atoms with E-state index in [9.17, 15) is 4.79 Å². The smallest absolute Gasteiger partial charge is 0.233 e. The minimum absolute atomic E-state index is 0.00559. The van der Waals surface area contributed by atoms with Gasteiger partial charge in [0.05, 0.1) is 0 Å². The summed E-state index contributed by atoms with van der Waals surface area (Å²) in [5, 5.41) is 11.8. The summed E-state index contributed by atoms with van der Waals surface area (Å²) in [4.78, 5) is 14.3. The molecule has 18 heavy (non-hydrogen) atoms. The molecule has 3 N–H and O–H groups in total. The summed E-state index contributed by atoms with van der Waals surface area (Å²) in [6, 6.07) is 0. The quantitative estimate of drug-likeness (QED) is 0.352. The second-order valence-electron chi connectivity index (χ2n) is 5.61. The minimum atomic E-state index is -0.533. The van der Waals surface area contributed by atoms with Crippen molar-refractivity contribution in [3.63, 3.8) is 0 Å². The highest BCUT2D eigenvalue weighted by atomic mass is 32.2. The van der Waals surface area contributed by atoms with Gasteiger partial charge in [0.2, 0.25) is 5.91 Å². The van der Waals surface area contributed by atoms with E-state index in [2.05, 4.69) is 19.0 Å². The first kappa shape index (κ1) is 15.1. The molecule has 1 saturated heterocycles. The summed E-state index contributed by atoms with van der Waals surface area (Å²) in [5.41, 5.74) is 5.64. The average Bonchev–Trinajstić information content (AvgIpc) is 2.27. The molecule has 1 aliphatic rings. The van der Waals surface area contributed by atoms with Crippen LogP contribution in [-0.2, 0) is 4.79 Å². The van der Waals surface area contributed by atoms with Gasteiger partial charge in [-0.25, -0.2) is 0 Å². The number of nitrogens with zero attached hydrogens (tertiary/aromatic N) is 2. The lowest BCUT2D eigenvalue weighted by Gasteiger charge is -2.39. The van der Waals surface area contributed by atoms with Crippen molar-refractivity contribution in [1.29, 1.82) is 0 Å². The van der Waals surface area contributed by atoms with Crippen LogP contribution in [0.1, 0.15) is 27.7 Å². The van der Waals surface area contributed by atoms with Gasteiger partial charge in [-0.05, 0) is 19.8 Å². The number of rotatable bonds is 3. The highest BCUT2D eigenvalue weighted by Crippen LogP contribution is 2.30. The molecule has 1 atom stereocenters. The molecule has 0 saturated carbocycles. The molecule has 6 heteroatoms. The molecule has 104 valence electrons. The molecular formula is C12H23N3O2S. The third-order valence-electron chi connectivity index (χ3n) is 3.10. The molecule has 0 aromatic carbocycles. The fourth-order valence-electron chi connectivity index (χ4n) is 2.22. The first-order chi connectivity index (χ1) is 8.28. The maximum atomic E-state index is 12.5. The van der Waals surface area contributed by atoms with Crippen molar-refractivity contribution in [2.45, 2.75) is 32.4 Å². The Morgan fingerprint density at radius 2 is 2.11 bits per heavy atom. The summed E-state index contributed by atoms with van der Waals surface area (Å²) in [6.07, 6.45) is 0. The van der Waals surface area contributed by atoms with Crippen LogP contribution in [0, 0.1) is 11.8 Å². The Morgan fingerprint density at radius 1 is 1.50 bits per heavy atom. The van der Waals surface area contributed by atoms with E-state index in [4.69, 9.17) is 10.9 Å². The zero-order valence-corrected chi connectivity index (χ0v) is 12.3. The van der Waals surface area contributed by atoms with Crippen LogP contribution in [-0.4, -0.2) is 45.4 Å². The van der Waals surface area contributed by atoms with Gasteiger partial charge in [0.25, 0.3) is 0 Å². The standard InChI is InChI=1S/C12H23N3O2S/c1-8(2)9(10(13)14-17)11(16)15-5-6-18-12(3,4)7-15/h8-9,17H,5-7H2,1-4H3,(H2,13,14). The van der Waals surface area contributed by atoms with E-state index in [1.54, 1.807) is 0 Å². The largest absolute Gasteiger partial charge is 0.409 e. The van der Waals surface area contributed by atoms with Gasteiger partial charge in [0.15, 0.2) is 5.84 Å². The number of thioether (sulfide) groups is 1. The predicted octanol–water partition coefficient (Wildman–Crippen LogP) is 1.36. The molecule has 0 bridgehead atoms. The number of amidine groups is 1. The Bertz CT molecular complexity index is 342. The molecular weight excluding hydrogens is 250 g/mol. The van der Waals surface area contributed by atoms with Crippen LogP contribution >= 0.6 is 11.8 Å². The molecule has 1 fully saturated rings. The summed E-state index contributed by atoms with van der Waals surface area (Å²) >= 11 is 1.87. The molecule has 0 radical (unpaired) electrons. The average molecular weight is 273 g/mol. The van der Waals surface area contributed by atoms with E-state index in [-0.39, 0.29) is 22.4 Å². The monoisotopic (exact) mass is 273 g/mol. The Hall–Kier alpha value is -0.910. The van der Waals surface area contributed by atoms with Gasteiger partial charge in [-0.1, -0.05) is 19.0 Å². The molecule has 0 aliphatic carbocycles. The summed E-state index contributed by atoms with van der Waals surface area (Å²) in [6.45, 7) is 9.51. The van der Waals surface area contributed by atoms with Gasteiger partial charge in [-0.2, -0.15) is 11.8 Å². The van der Waals surface area contributed by atoms with Crippen molar-refractivity contribution in [2.24, 2.45) is 22.7 Å². The van der Waals surface area contributed by atoms with E-state index in [0.717, 1.165) is 12.3 Å². The molecule has 0 spiro atoms. The van der Waals surface area contributed by atoms with Crippen molar-refractivity contribution < 1.29 is 10.0 Å². The summed E-state index contributed by atoms with van der Waals surface area (Å²) < 4.78 is 0.0700. The molecule has 1 rings (SSSR count). The second-order valence-corrected chi connectivity index (χ2v) is 7.42. The van der Waals surface area contributed by atoms with Gasteiger partial charge < -0.3 is 15.8 Å². The lowest BCUT2D eigenvalue weighted by molar-refractivity contribution is -0.134. The zero-order chi connectivity index (χ0) is 13.9. The van der Waals surface area contributed by atoms with Crippen LogP contribution in [0.4, 0.5) is 0 Å². The third-order valence-corrected chi connectivity index (χ3v) is 4.40. The highest BCUT2D eigenvalue weighted by molar-refractivity contribution is 8.00. The van der Waals surface area contributed by atoms with Crippen LogP contribution in [0.25, 0.3) is 0 Å². The third kappa shape index (κ3) is 3.54. The number of oxime groups is 1. The summed E-state index contributed by atoms with van der Waals surface area (Å²) in [7, 11) is 0. The normalized spacial score (nSPS) is 22.1. The first-order valence-corrected chi connectivity index (χ1v) is 7.17. The number of carbonyl (C=O) groups is 1. The van der Waals surface area contributed by atoms with E-state index >= 15 is 0 Å². The molecule has 0 aromatic rings. The second kappa shape index (κ2) is 5.82. The topological polar surface area (TPSA) is 78.9 Å². The van der Waals surface area contributed by atoms with Crippen LogP contribution in [0.3, 0.4) is 0 Å². The summed E-state index contributed by atoms with van der Waals surface area (Å²) in [5.74, 6) is 0.388. The van der Waals surface area contributed by atoms with Crippen molar-refractivity contribution in [3.8, 4) is 0 Å². The van der Waals surface area contributed by atoms with E-state index in [1.807, 2.05) is 30.5 Å². The molecule has 0 aromatic heterocycles. The van der Waals surface area contributed by atoms with Crippen molar-refractivity contribution in [1.82, 2.24) is 4.90 Å². The fourth-order valence-corrected chi connectivity index (χ4v) is 3.33. The van der Waals surface area contributed by atoms with E-state index < -0.39 is 5.92 Å². The lowest BCUT2D eigenvalue weighted by Crippen LogP contribution is -2.51. The van der Waals surface area contributed by atoms with Crippen LogP contribution in [0.2, 0.25) is 0 Å². The van der Waals surface area contributed by atoms with Crippen LogP contribution in [0.5, 0.6) is 0 Å². The molecule has 5 nitrogen and oxygen atoms in total. The van der Waals surface area contributed by atoms with Crippen molar-refractivity contribution >= 4 is 23.5 Å². The SMILES string of the molecule is CC(C)C(C(=O)N1CCSC(C)(C)C1)C(N)=NO. The van der Waals surface area contributed by atoms with Gasteiger partial charge in [0, 0.05) is 23.6 Å². The number of carbonyl (C=O) groups excluding carboxylic acids is 1. The minimum Gasteiger partial charge on any atom is -0.409 e. The molecule has 1 aliphatic heterocycles. The first-order valence-electron chi connectivity index (χ1n) is 6.18. The van der Waals surface area contributed by atoms with Crippen molar-refractivity contribution in [2.75, 3.05) is 18.8 Å². The van der Waals surface area contributed by atoms with E-state index in [0.29, 0.717) is 6.54 Å². The molecule has 1 heterocycles. The maximum absolute atomic E-state index is 12.5.